The van der Waals surface area contributed by atoms with E-state index in [2.05, 4.69) is 80.4 Å². The maximum Gasteiger partial charge on any atom is 0.404 e. The Kier molecular flexibility index (Phi) is 11.3. The van der Waals surface area contributed by atoms with E-state index in [-0.39, 0.29) is 42.0 Å². The topological polar surface area (TPSA) is 154 Å². The van der Waals surface area contributed by atoms with Gasteiger partial charge in [0.2, 0.25) is 11.8 Å². The summed E-state index contributed by atoms with van der Waals surface area (Å²) in [6.07, 6.45) is 12.7. The van der Waals surface area contributed by atoms with E-state index in [1.165, 1.54) is 6.42 Å². The van der Waals surface area contributed by atoms with E-state index < -0.39 is 6.09 Å². The highest BCUT2D eigenvalue weighted by Crippen LogP contribution is 2.38. The number of hydrogen-bond donors (Lipinski definition) is 3. The van der Waals surface area contributed by atoms with Crippen LogP contribution in [0.4, 0.5) is 4.79 Å². The molecule has 3 aliphatic heterocycles. The number of benzene rings is 3. The van der Waals surface area contributed by atoms with Crippen LogP contribution in [0.1, 0.15) is 106 Å². The number of likely N-dealkylation sites (tertiary alicyclic amines) is 3. The summed E-state index contributed by atoms with van der Waals surface area (Å²) in [6.45, 7) is 3.37. The zero-order chi connectivity index (χ0) is 40.3. The van der Waals surface area contributed by atoms with E-state index in [9.17, 15) is 14.4 Å². The van der Waals surface area contributed by atoms with Crippen LogP contribution in [-0.2, 0) is 14.3 Å². The summed E-state index contributed by atoms with van der Waals surface area (Å²) in [7, 11) is 0. The second kappa shape index (κ2) is 17.2. The summed E-state index contributed by atoms with van der Waals surface area (Å²) in [5, 5.41) is 0. The van der Waals surface area contributed by atoms with Gasteiger partial charge in [-0.05, 0) is 105 Å². The Morgan fingerprint density at radius 1 is 0.610 bits per heavy atom. The number of carbonyl (C=O) groups excluding carboxylic acids is 3. The molecule has 306 valence electrons. The van der Waals surface area contributed by atoms with Crippen LogP contribution >= 0.6 is 0 Å². The van der Waals surface area contributed by atoms with Crippen molar-refractivity contribution in [2.24, 2.45) is 11.7 Å². The average Bonchev–Trinajstić information content (AvgIpc) is 4.12. The highest BCUT2D eigenvalue weighted by Gasteiger charge is 2.40. The fourth-order valence-corrected chi connectivity index (χ4v) is 9.92. The molecule has 1 saturated carbocycles. The van der Waals surface area contributed by atoms with Gasteiger partial charge in [0.1, 0.15) is 23.8 Å². The lowest BCUT2D eigenvalue weighted by atomic mass is 9.86. The number of piperidine rings is 1. The Labute approximate surface area is 345 Å². The van der Waals surface area contributed by atoms with Gasteiger partial charge in [0.15, 0.2) is 0 Å². The monoisotopic (exact) mass is 794 g/mol. The summed E-state index contributed by atoms with van der Waals surface area (Å²) in [5.74, 6) is 1.94. The van der Waals surface area contributed by atoms with E-state index in [1.54, 1.807) is 0 Å². The molecule has 59 heavy (non-hydrogen) atoms. The molecule has 0 bridgehead atoms. The first kappa shape index (κ1) is 38.8. The number of aromatic nitrogens is 4. The number of imidazole rings is 2. The molecular weight excluding hydrogens is 741 g/mol. The summed E-state index contributed by atoms with van der Waals surface area (Å²) < 4.78 is 5.17. The second-order valence-electron chi connectivity index (χ2n) is 16.7. The van der Waals surface area contributed by atoms with Crippen molar-refractivity contribution in [3.63, 3.8) is 0 Å². The third-order valence-corrected chi connectivity index (χ3v) is 13.0. The van der Waals surface area contributed by atoms with Crippen molar-refractivity contribution in [2.45, 2.75) is 94.9 Å². The average molecular weight is 795 g/mol. The van der Waals surface area contributed by atoms with Crippen molar-refractivity contribution in [2.75, 3.05) is 26.2 Å². The molecule has 9 rings (SSSR count). The van der Waals surface area contributed by atoms with E-state index in [0.29, 0.717) is 25.7 Å². The van der Waals surface area contributed by atoms with Crippen LogP contribution in [0.25, 0.3) is 33.6 Å². The first-order valence-corrected chi connectivity index (χ1v) is 21.6. The van der Waals surface area contributed by atoms with Gasteiger partial charge in [0, 0.05) is 19.0 Å². The van der Waals surface area contributed by atoms with Crippen LogP contribution in [0, 0.1) is 5.92 Å². The lowest BCUT2D eigenvalue weighted by Crippen LogP contribution is -2.44. The lowest BCUT2D eigenvalue weighted by molar-refractivity contribution is -0.139. The number of carbonyl (C=O) groups is 3. The highest BCUT2D eigenvalue weighted by molar-refractivity contribution is 5.84. The summed E-state index contributed by atoms with van der Waals surface area (Å²) >= 11 is 0. The number of hydrogen-bond acceptors (Lipinski definition) is 7. The molecule has 2 aromatic heterocycles. The van der Waals surface area contributed by atoms with Crippen molar-refractivity contribution in [3.8, 4) is 33.6 Å². The first-order valence-electron chi connectivity index (χ1n) is 21.6. The number of primary amides is 1. The van der Waals surface area contributed by atoms with E-state index in [0.717, 1.165) is 116 Å². The quantitative estimate of drug-likeness (QED) is 0.128. The van der Waals surface area contributed by atoms with Crippen LogP contribution in [0.2, 0.25) is 0 Å². The standard InChI is InChI=1S/C47H54N8O4/c48-47(58)59-37-23-21-36(22-24-37)45(56)54-27-7-11-40(54)43-49-29-38(51-43)33-17-13-31(14-18-33)32-15-19-34(20-16-32)39-30-50-44(52-39)41-12-8-28-55(41)46(57)42(35-9-3-1-4-10-35)53-25-5-2-6-26-53/h1,3-4,9-10,13-20,29-30,36-37,40-42H,2,5-8,11-12,21-28H2,(H2,48,58)(H,49,51)(H,50,52)/t36-,37+,40-,41-,42+/m0/s1. The van der Waals surface area contributed by atoms with Gasteiger partial charge in [-0.2, -0.15) is 0 Å². The largest absolute Gasteiger partial charge is 0.446 e. The van der Waals surface area contributed by atoms with E-state index in [1.807, 2.05) is 35.5 Å². The van der Waals surface area contributed by atoms with Gasteiger partial charge < -0.3 is 30.2 Å². The number of nitrogens with two attached hydrogens (primary N) is 1. The molecule has 12 heteroatoms. The van der Waals surface area contributed by atoms with Gasteiger partial charge >= 0.3 is 6.09 Å². The first-order chi connectivity index (χ1) is 28.9. The summed E-state index contributed by atoms with van der Waals surface area (Å²) in [5.41, 5.74) is 12.4. The molecule has 5 heterocycles. The molecule has 5 aromatic rings. The number of amides is 3. The van der Waals surface area contributed by atoms with Crippen LogP contribution in [0.5, 0.6) is 0 Å². The third kappa shape index (κ3) is 8.28. The summed E-state index contributed by atoms with van der Waals surface area (Å²) in [4.78, 5) is 62.2. The van der Waals surface area contributed by atoms with E-state index in [4.69, 9.17) is 20.4 Å². The molecule has 3 aromatic carbocycles. The van der Waals surface area contributed by atoms with Gasteiger partial charge in [-0.15, -0.1) is 0 Å². The number of nitrogens with one attached hydrogen (secondary N) is 2. The third-order valence-electron chi connectivity index (χ3n) is 13.0. The second-order valence-corrected chi connectivity index (χ2v) is 16.7. The normalized spacial score (nSPS) is 23.0. The van der Waals surface area contributed by atoms with Crippen molar-refractivity contribution in [1.82, 2.24) is 34.6 Å². The molecule has 3 saturated heterocycles. The van der Waals surface area contributed by atoms with Crippen molar-refractivity contribution < 1.29 is 19.1 Å². The van der Waals surface area contributed by atoms with Crippen molar-refractivity contribution in [1.29, 1.82) is 0 Å². The number of aromatic amines is 2. The minimum atomic E-state index is -0.750. The molecule has 0 radical (unpaired) electrons. The van der Waals surface area contributed by atoms with Crippen LogP contribution in [0.15, 0.2) is 91.3 Å². The maximum atomic E-state index is 14.4. The van der Waals surface area contributed by atoms with E-state index >= 15 is 0 Å². The van der Waals surface area contributed by atoms with Gasteiger partial charge in [0.25, 0.3) is 0 Å². The highest BCUT2D eigenvalue weighted by atomic mass is 16.6. The molecule has 0 spiro atoms. The molecular formula is C47H54N8O4. The lowest BCUT2D eigenvalue weighted by Gasteiger charge is -2.37. The Balaban J connectivity index is 0.836. The molecule has 3 atom stereocenters. The maximum absolute atomic E-state index is 14.4. The molecule has 4 N–H and O–H groups in total. The Hall–Kier alpha value is -5.75. The molecule has 4 aliphatic rings. The molecule has 4 fully saturated rings. The zero-order valence-corrected chi connectivity index (χ0v) is 33.6. The number of nitrogens with zero attached hydrogens (tertiary/aromatic N) is 5. The SMILES string of the molecule is NC(=O)O[C@H]1CC[C@@H](C(=O)N2CCC[C@H]2c2ncc(-c3ccc(-c4ccc(-c5cnc([C@@H]6CCCN6C(=O)[C@@H](c6ccccc6)N6CCCCC6)[nH]5)cc4)cc3)[nH]2)CC1. The smallest absolute Gasteiger partial charge is 0.404 e. The molecule has 3 amide bonds. The van der Waals surface area contributed by atoms with Gasteiger partial charge in [-0.1, -0.05) is 85.3 Å². The fraction of sp³-hybridized carbons (Fsp3) is 0.426. The van der Waals surface area contributed by atoms with Crippen LogP contribution in [0.3, 0.4) is 0 Å². The van der Waals surface area contributed by atoms with Gasteiger partial charge in [0.05, 0.1) is 35.9 Å². The molecule has 12 nitrogen and oxygen atoms in total. The Bertz CT molecular complexity index is 2220. The van der Waals surface area contributed by atoms with Crippen LogP contribution < -0.4 is 5.73 Å². The zero-order valence-electron chi connectivity index (χ0n) is 33.6. The Morgan fingerprint density at radius 2 is 1.14 bits per heavy atom. The Morgan fingerprint density at radius 3 is 1.69 bits per heavy atom. The minimum absolute atomic E-state index is 0.0703. The molecule has 0 unspecified atom stereocenters. The minimum Gasteiger partial charge on any atom is -0.446 e. The predicted octanol–water partition coefficient (Wildman–Crippen LogP) is 8.34. The number of H-pyrrole nitrogens is 2. The van der Waals surface area contributed by atoms with Crippen molar-refractivity contribution in [3.05, 3.63) is 108 Å². The number of ether oxygens (including phenoxy) is 1. The molecule has 1 aliphatic carbocycles. The number of rotatable bonds is 10. The van der Waals surface area contributed by atoms with Crippen LogP contribution in [-0.4, -0.2) is 84.8 Å². The van der Waals surface area contributed by atoms with Crippen molar-refractivity contribution >= 4 is 17.9 Å². The fourth-order valence-electron chi connectivity index (χ4n) is 9.92. The predicted molar refractivity (Wildman–Crippen MR) is 225 cm³/mol. The van der Waals surface area contributed by atoms with Gasteiger partial charge in [-0.25, -0.2) is 14.8 Å². The summed E-state index contributed by atoms with van der Waals surface area (Å²) in [6, 6.07) is 26.8. The van der Waals surface area contributed by atoms with Gasteiger partial charge in [-0.3, -0.25) is 14.5 Å².